The lowest BCUT2D eigenvalue weighted by Crippen LogP contribution is -2.46. The minimum absolute atomic E-state index is 0.176. The zero-order valence-electron chi connectivity index (χ0n) is 15.7. The molecule has 2 fully saturated rings. The molecule has 1 saturated carbocycles. The Morgan fingerprint density at radius 2 is 1.59 bits per heavy atom. The maximum atomic E-state index is 13.4. The lowest BCUT2D eigenvalue weighted by atomic mass is 10.0. The summed E-state index contributed by atoms with van der Waals surface area (Å²) in [5, 5.41) is 3.52. The number of hydrogen-bond acceptors (Lipinski definition) is 3. The molecule has 0 radical (unpaired) electrons. The van der Waals surface area contributed by atoms with Crippen LogP contribution in [0.25, 0.3) is 0 Å². The molecule has 1 unspecified atom stereocenters. The maximum Gasteiger partial charge on any atom is 0.240 e. The summed E-state index contributed by atoms with van der Waals surface area (Å²) in [7, 11) is 0. The second kappa shape index (κ2) is 8.94. The molecule has 2 aromatic carbocycles. The van der Waals surface area contributed by atoms with Crippen LogP contribution in [0.15, 0.2) is 65.6 Å². The number of nitrogens with zero attached hydrogens (tertiary/aromatic N) is 1. The number of thioether (sulfide) groups is 1. The molecule has 1 aliphatic heterocycles. The van der Waals surface area contributed by atoms with Gasteiger partial charge >= 0.3 is 0 Å². The van der Waals surface area contributed by atoms with Crippen molar-refractivity contribution in [2.75, 3.05) is 19.6 Å². The van der Waals surface area contributed by atoms with Crippen LogP contribution in [0.3, 0.4) is 0 Å². The van der Waals surface area contributed by atoms with Crippen LogP contribution in [0, 0.1) is 5.92 Å². The lowest BCUT2D eigenvalue weighted by molar-refractivity contribution is -0.131. The number of hydrogen-bond donors (Lipinski definition) is 1. The molecule has 1 heterocycles. The van der Waals surface area contributed by atoms with Crippen molar-refractivity contribution in [3.63, 3.8) is 0 Å². The van der Waals surface area contributed by atoms with E-state index in [1.807, 2.05) is 36.4 Å². The van der Waals surface area contributed by atoms with Crippen molar-refractivity contribution in [2.45, 2.75) is 41.9 Å². The van der Waals surface area contributed by atoms with Gasteiger partial charge in [0.25, 0.3) is 0 Å². The highest BCUT2D eigenvalue weighted by Crippen LogP contribution is 2.37. The minimum atomic E-state index is -0.176. The number of nitrogens with one attached hydrogen (secondary N) is 1. The summed E-state index contributed by atoms with van der Waals surface area (Å²) in [4.78, 5) is 16.6. The second-order valence-electron chi connectivity index (χ2n) is 7.67. The zero-order valence-corrected chi connectivity index (χ0v) is 16.5. The molecule has 1 amide bonds. The van der Waals surface area contributed by atoms with Crippen molar-refractivity contribution in [2.24, 2.45) is 5.92 Å². The van der Waals surface area contributed by atoms with Gasteiger partial charge < -0.3 is 10.2 Å². The molecular formula is C23H28N2OS. The van der Waals surface area contributed by atoms with Gasteiger partial charge in [0.1, 0.15) is 5.25 Å². The molecule has 142 valence electrons. The SMILES string of the molecule is O=C(C(Sc1ccccc1)c1ccccc1)N1CCC(NCC2CC2)CC1. The summed E-state index contributed by atoms with van der Waals surface area (Å²) in [6.07, 6.45) is 4.91. The van der Waals surface area contributed by atoms with Crippen molar-refractivity contribution in [3.8, 4) is 0 Å². The molecule has 0 spiro atoms. The Bertz CT molecular complexity index is 725. The van der Waals surface area contributed by atoms with Crippen molar-refractivity contribution >= 4 is 17.7 Å². The first-order chi connectivity index (χ1) is 13.3. The highest BCUT2D eigenvalue weighted by Gasteiger charge is 2.30. The molecule has 3 nitrogen and oxygen atoms in total. The summed E-state index contributed by atoms with van der Waals surface area (Å²) in [5.74, 6) is 1.16. The van der Waals surface area contributed by atoms with Crippen LogP contribution < -0.4 is 5.32 Å². The lowest BCUT2D eigenvalue weighted by Gasteiger charge is -2.34. The van der Waals surface area contributed by atoms with Gasteiger partial charge in [-0.25, -0.2) is 0 Å². The van der Waals surface area contributed by atoms with E-state index in [1.54, 1.807) is 11.8 Å². The summed E-state index contributed by atoms with van der Waals surface area (Å²) in [6, 6.07) is 21.0. The molecule has 4 rings (SSSR count). The molecule has 1 saturated heterocycles. The smallest absolute Gasteiger partial charge is 0.240 e. The number of rotatable bonds is 7. The van der Waals surface area contributed by atoms with E-state index >= 15 is 0 Å². The van der Waals surface area contributed by atoms with Crippen LogP contribution in [0.4, 0.5) is 0 Å². The molecule has 2 aliphatic rings. The van der Waals surface area contributed by atoms with Gasteiger partial charge in [-0.05, 0) is 55.8 Å². The van der Waals surface area contributed by atoms with Crippen LogP contribution in [0.5, 0.6) is 0 Å². The zero-order chi connectivity index (χ0) is 18.5. The van der Waals surface area contributed by atoms with Crippen LogP contribution in [0.2, 0.25) is 0 Å². The van der Waals surface area contributed by atoms with Gasteiger partial charge in [-0.3, -0.25) is 4.79 Å². The Hall–Kier alpha value is -1.78. The van der Waals surface area contributed by atoms with Gasteiger partial charge in [-0.1, -0.05) is 48.5 Å². The molecule has 1 atom stereocenters. The van der Waals surface area contributed by atoms with E-state index in [4.69, 9.17) is 0 Å². The van der Waals surface area contributed by atoms with Gasteiger partial charge in [0, 0.05) is 24.0 Å². The Morgan fingerprint density at radius 3 is 2.22 bits per heavy atom. The molecule has 0 bridgehead atoms. The summed E-state index contributed by atoms with van der Waals surface area (Å²) >= 11 is 1.66. The van der Waals surface area contributed by atoms with Crippen molar-refractivity contribution in [1.82, 2.24) is 10.2 Å². The number of carbonyl (C=O) groups is 1. The first kappa shape index (κ1) is 18.6. The Morgan fingerprint density at radius 1 is 0.963 bits per heavy atom. The average molecular weight is 381 g/mol. The number of carbonyl (C=O) groups excluding carboxylic acids is 1. The van der Waals surface area contributed by atoms with Gasteiger partial charge in [-0.15, -0.1) is 11.8 Å². The molecule has 4 heteroatoms. The van der Waals surface area contributed by atoms with E-state index in [0.717, 1.165) is 48.9 Å². The van der Waals surface area contributed by atoms with Gasteiger partial charge in [-0.2, -0.15) is 0 Å². The Labute approximate surface area is 166 Å². The van der Waals surface area contributed by atoms with E-state index in [9.17, 15) is 4.79 Å². The number of likely N-dealkylation sites (tertiary alicyclic amines) is 1. The first-order valence-electron chi connectivity index (χ1n) is 10.1. The predicted molar refractivity (Wildman–Crippen MR) is 112 cm³/mol. The third kappa shape index (κ3) is 5.14. The van der Waals surface area contributed by atoms with E-state index in [1.165, 1.54) is 12.8 Å². The van der Waals surface area contributed by atoms with Gasteiger partial charge in [0.05, 0.1) is 0 Å². The van der Waals surface area contributed by atoms with Crippen LogP contribution in [-0.4, -0.2) is 36.5 Å². The molecule has 1 N–H and O–H groups in total. The molecule has 0 aromatic heterocycles. The van der Waals surface area contributed by atoms with Crippen molar-refractivity contribution < 1.29 is 4.79 Å². The fourth-order valence-electron chi connectivity index (χ4n) is 3.65. The van der Waals surface area contributed by atoms with E-state index in [0.29, 0.717) is 6.04 Å². The van der Waals surface area contributed by atoms with E-state index in [-0.39, 0.29) is 11.2 Å². The molecule has 27 heavy (non-hydrogen) atoms. The van der Waals surface area contributed by atoms with Crippen LogP contribution in [-0.2, 0) is 4.79 Å². The maximum absolute atomic E-state index is 13.4. The second-order valence-corrected chi connectivity index (χ2v) is 8.85. The normalized spacial score (nSPS) is 19.0. The number of benzene rings is 2. The third-order valence-electron chi connectivity index (χ3n) is 5.52. The fraction of sp³-hybridized carbons (Fsp3) is 0.435. The standard InChI is InChI=1S/C23H28N2OS/c26-23(25-15-13-20(14-16-25)24-17-18-11-12-18)22(19-7-3-1-4-8-19)27-21-9-5-2-6-10-21/h1-10,18,20,22,24H,11-17H2. The van der Waals surface area contributed by atoms with Gasteiger partial charge in [0.15, 0.2) is 0 Å². The van der Waals surface area contributed by atoms with Gasteiger partial charge in [0.2, 0.25) is 5.91 Å². The highest BCUT2D eigenvalue weighted by molar-refractivity contribution is 8.00. The van der Waals surface area contributed by atoms with Crippen LogP contribution in [0.1, 0.15) is 36.5 Å². The van der Waals surface area contributed by atoms with Crippen molar-refractivity contribution in [3.05, 3.63) is 66.2 Å². The predicted octanol–water partition coefficient (Wildman–Crippen LogP) is 4.51. The largest absolute Gasteiger partial charge is 0.341 e. The van der Waals surface area contributed by atoms with Crippen molar-refractivity contribution in [1.29, 1.82) is 0 Å². The molecule has 1 aliphatic carbocycles. The first-order valence-corrected chi connectivity index (χ1v) is 11.0. The Kier molecular flexibility index (Phi) is 6.15. The Balaban J connectivity index is 1.41. The summed E-state index contributed by atoms with van der Waals surface area (Å²) in [5.41, 5.74) is 1.09. The monoisotopic (exact) mass is 380 g/mol. The third-order valence-corrected chi connectivity index (χ3v) is 6.78. The fourth-order valence-corrected chi connectivity index (χ4v) is 4.78. The summed E-state index contributed by atoms with van der Waals surface area (Å²) in [6.45, 7) is 2.88. The number of amides is 1. The quantitative estimate of drug-likeness (QED) is 0.717. The molecule has 2 aromatic rings. The molecular weight excluding hydrogens is 352 g/mol. The van der Waals surface area contributed by atoms with E-state index in [2.05, 4.69) is 34.5 Å². The average Bonchev–Trinajstić information content (AvgIpc) is 3.56. The van der Waals surface area contributed by atoms with E-state index < -0.39 is 0 Å². The number of piperidine rings is 1. The summed E-state index contributed by atoms with van der Waals surface area (Å²) < 4.78 is 0. The highest BCUT2D eigenvalue weighted by atomic mass is 32.2. The topological polar surface area (TPSA) is 32.3 Å². The minimum Gasteiger partial charge on any atom is -0.341 e. The van der Waals surface area contributed by atoms with Crippen LogP contribution >= 0.6 is 11.8 Å².